The summed E-state index contributed by atoms with van der Waals surface area (Å²) < 4.78 is 7.33. The van der Waals surface area contributed by atoms with Crippen LogP contribution < -0.4 is 10.1 Å². The number of benzene rings is 3. The molecule has 150 valence electrons. The molecular weight excluding hydrogens is 480 g/mol. The smallest absolute Gasteiger partial charge is 0.267 e. The van der Waals surface area contributed by atoms with Gasteiger partial charge in [-0.2, -0.15) is 0 Å². The summed E-state index contributed by atoms with van der Waals surface area (Å²) in [6.07, 6.45) is 1.86. The van der Waals surface area contributed by atoms with Gasteiger partial charge in [-0.3, -0.25) is 9.69 Å². The molecule has 1 amide bonds. The number of rotatable bonds is 6. The van der Waals surface area contributed by atoms with Gasteiger partial charge < -0.3 is 10.1 Å². The van der Waals surface area contributed by atoms with E-state index in [2.05, 4.69) is 21.2 Å². The van der Waals surface area contributed by atoms with Crippen molar-refractivity contribution in [1.82, 2.24) is 4.90 Å². The van der Waals surface area contributed by atoms with Crippen LogP contribution >= 0.6 is 39.9 Å². The second-order valence-corrected chi connectivity index (χ2v) is 9.03. The van der Waals surface area contributed by atoms with E-state index in [1.54, 1.807) is 4.90 Å². The molecule has 1 aliphatic heterocycles. The predicted octanol–water partition coefficient (Wildman–Crippen LogP) is 6.51. The minimum absolute atomic E-state index is 0.0931. The number of nitrogens with one attached hydrogen (secondary N) is 1. The molecule has 4 rings (SSSR count). The van der Waals surface area contributed by atoms with E-state index < -0.39 is 0 Å². The van der Waals surface area contributed by atoms with Crippen molar-refractivity contribution in [3.63, 3.8) is 0 Å². The van der Waals surface area contributed by atoms with Crippen molar-refractivity contribution >= 4 is 61.9 Å². The summed E-state index contributed by atoms with van der Waals surface area (Å²) in [5.74, 6) is 1.44. The third-order valence-electron chi connectivity index (χ3n) is 4.32. The molecule has 0 bridgehead atoms. The molecule has 30 heavy (non-hydrogen) atoms. The molecule has 0 aliphatic carbocycles. The lowest BCUT2D eigenvalue weighted by molar-refractivity contribution is -0.121. The van der Waals surface area contributed by atoms with Gasteiger partial charge in [0.15, 0.2) is 0 Å². The van der Waals surface area contributed by atoms with Crippen molar-refractivity contribution < 1.29 is 9.53 Å². The number of para-hydroxylation sites is 1. The van der Waals surface area contributed by atoms with Crippen molar-refractivity contribution in [1.29, 1.82) is 0 Å². The van der Waals surface area contributed by atoms with Gasteiger partial charge >= 0.3 is 0 Å². The summed E-state index contributed by atoms with van der Waals surface area (Å²) in [5, 5.41) is 3.25. The van der Waals surface area contributed by atoms with Crippen LogP contribution in [0.3, 0.4) is 0 Å². The molecule has 0 radical (unpaired) electrons. The maximum Gasteiger partial charge on any atom is 0.267 e. The number of hydrogen-bond acceptors (Lipinski definition) is 5. The van der Waals surface area contributed by atoms with Crippen LogP contribution in [-0.4, -0.2) is 21.8 Å². The van der Waals surface area contributed by atoms with E-state index in [0.29, 0.717) is 15.9 Å². The SMILES string of the molecule is O=C1C(=Cc2ccc(Br)cc2)SC(=S)N1CNc1ccc(Oc2ccccc2)cc1. The largest absolute Gasteiger partial charge is 0.457 e. The lowest BCUT2D eigenvalue weighted by Crippen LogP contribution is -2.33. The first-order valence-corrected chi connectivity index (χ1v) is 11.2. The summed E-state index contributed by atoms with van der Waals surface area (Å²) >= 11 is 10.1. The molecule has 3 aromatic carbocycles. The molecule has 3 aromatic rings. The van der Waals surface area contributed by atoms with Gasteiger partial charge in [0.1, 0.15) is 15.8 Å². The number of halogens is 1. The highest BCUT2D eigenvalue weighted by Crippen LogP contribution is 2.32. The van der Waals surface area contributed by atoms with Gasteiger partial charge in [-0.1, -0.05) is 70.2 Å². The number of nitrogens with zero attached hydrogens (tertiary/aromatic N) is 1. The number of anilines is 1. The number of thioether (sulfide) groups is 1. The standard InChI is InChI=1S/C23H17BrN2O2S2/c24-17-8-6-16(7-9-17)14-21-22(27)26(23(29)30-21)15-25-18-10-12-20(13-11-18)28-19-4-2-1-3-5-19/h1-14,25H,15H2. The Morgan fingerprint density at radius 3 is 2.33 bits per heavy atom. The molecule has 1 saturated heterocycles. The zero-order chi connectivity index (χ0) is 20.9. The molecule has 0 spiro atoms. The van der Waals surface area contributed by atoms with Gasteiger partial charge in [0, 0.05) is 10.2 Å². The summed E-state index contributed by atoms with van der Waals surface area (Å²) in [4.78, 5) is 14.9. The highest BCUT2D eigenvalue weighted by Gasteiger charge is 2.31. The van der Waals surface area contributed by atoms with Gasteiger partial charge in [0.25, 0.3) is 5.91 Å². The van der Waals surface area contributed by atoms with E-state index in [-0.39, 0.29) is 5.91 Å². The van der Waals surface area contributed by atoms with Crippen molar-refractivity contribution in [3.05, 3.63) is 93.8 Å². The highest BCUT2D eigenvalue weighted by atomic mass is 79.9. The zero-order valence-electron chi connectivity index (χ0n) is 15.7. The molecule has 0 unspecified atom stereocenters. The summed E-state index contributed by atoms with van der Waals surface area (Å²) in [6.45, 7) is 0.307. The van der Waals surface area contributed by atoms with Crippen molar-refractivity contribution in [3.8, 4) is 11.5 Å². The Labute approximate surface area is 193 Å². The van der Waals surface area contributed by atoms with E-state index in [0.717, 1.165) is 27.2 Å². The van der Waals surface area contributed by atoms with Crippen molar-refractivity contribution in [2.75, 3.05) is 12.0 Å². The van der Waals surface area contributed by atoms with Crippen LogP contribution in [0.5, 0.6) is 11.5 Å². The predicted molar refractivity (Wildman–Crippen MR) is 131 cm³/mol. The zero-order valence-corrected chi connectivity index (χ0v) is 19.0. The molecule has 1 aliphatic rings. The molecule has 4 nitrogen and oxygen atoms in total. The quantitative estimate of drug-likeness (QED) is 0.311. The average molecular weight is 497 g/mol. The number of amides is 1. The fraction of sp³-hybridized carbons (Fsp3) is 0.0435. The first-order chi connectivity index (χ1) is 14.6. The van der Waals surface area contributed by atoms with Crippen LogP contribution in [0.4, 0.5) is 5.69 Å². The fourth-order valence-electron chi connectivity index (χ4n) is 2.78. The number of carbonyl (C=O) groups excluding carboxylic acids is 1. The summed E-state index contributed by atoms with van der Waals surface area (Å²) in [5.41, 5.74) is 1.84. The van der Waals surface area contributed by atoms with E-state index in [1.807, 2.05) is 84.9 Å². The average Bonchev–Trinajstić information content (AvgIpc) is 3.02. The van der Waals surface area contributed by atoms with Gasteiger partial charge in [-0.25, -0.2) is 0 Å². The third-order valence-corrected chi connectivity index (χ3v) is 6.22. The number of ether oxygens (including phenoxy) is 1. The molecule has 0 saturated carbocycles. The molecule has 1 fully saturated rings. The molecular formula is C23H17BrN2O2S2. The van der Waals surface area contributed by atoms with E-state index in [1.165, 1.54) is 11.8 Å². The van der Waals surface area contributed by atoms with Gasteiger partial charge in [-0.15, -0.1) is 0 Å². The topological polar surface area (TPSA) is 41.6 Å². The third kappa shape index (κ3) is 5.11. The second-order valence-electron chi connectivity index (χ2n) is 6.44. The monoisotopic (exact) mass is 496 g/mol. The Hall–Kier alpha value is -2.61. The van der Waals surface area contributed by atoms with Gasteiger partial charge in [-0.05, 0) is 60.2 Å². The minimum atomic E-state index is -0.0931. The second kappa shape index (κ2) is 9.47. The number of carbonyl (C=O) groups is 1. The first kappa shape index (κ1) is 20.7. The minimum Gasteiger partial charge on any atom is -0.457 e. The Morgan fingerprint density at radius 1 is 0.967 bits per heavy atom. The van der Waals surface area contributed by atoms with E-state index >= 15 is 0 Å². The Balaban J connectivity index is 1.37. The van der Waals surface area contributed by atoms with Crippen molar-refractivity contribution in [2.24, 2.45) is 0 Å². The Kier molecular flexibility index (Phi) is 6.52. The Bertz CT molecular complexity index is 1080. The maximum atomic E-state index is 12.7. The normalized spacial score (nSPS) is 15.0. The molecule has 0 atom stereocenters. The lowest BCUT2D eigenvalue weighted by Gasteiger charge is -2.16. The molecule has 0 aromatic heterocycles. The lowest BCUT2D eigenvalue weighted by atomic mass is 10.2. The summed E-state index contributed by atoms with van der Waals surface area (Å²) in [7, 11) is 0. The van der Waals surface area contributed by atoms with Crippen LogP contribution in [0.25, 0.3) is 6.08 Å². The van der Waals surface area contributed by atoms with E-state index in [9.17, 15) is 4.79 Å². The highest BCUT2D eigenvalue weighted by molar-refractivity contribution is 9.10. The summed E-state index contributed by atoms with van der Waals surface area (Å²) in [6, 6.07) is 25.0. The van der Waals surface area contributed by atoms with Crippen LogP contribution in [0.15, 0.2) is 88.2 Å². The molecule has 1 heterocycles. The van der Waals surface area contributed by atoms with Crippen LogP contribution in [0.2, 0.25) is 0 Å². The van der Waals surface area contributed by atoms with Gasteiger partial charge in [0.2, 0.25) is 0 Å². The fourth-order valence-corrected chi connectivity index (χ4v) is 4.30. The van der Waals surface area contributed by atoms with Crippen molar-refractivity contribution in [2.45, 2.75) is 0 Å². The van der Waals surface area contributed by atoms with Crippen LogP contribution in [0.1, 0.15) is 5.56 Å². The first-order valence-electron chi connectivity index (χ1n) is 9.16. The molecule has 1 N–H and O–H groups in total. The van der Waals surface area contributed by atoms with Crippen LogP contribution in [0, 0.1) is 0 Å². The Morgan fingerprint density at radius 2 is 1.63 bits per heavy atom. The maximum absolute atomic E-state index is 12.7. The number of hydrogen-bond donors (Lipinski definition) is 1. The van der Waals surface area contributed by atoms with Crippen LogP contribution in [-0.2, 0) is 4.79 Å². The number of thiocarbonyl (C=S) groups is 1. The van der Waals surface area contributed by atoms with E-state index in [4.69, 9.17) is 17.0 Å². The molecule has 7 heteroatoms. The van der Waals surface area contributed by atoms with Gasteiger partial charge in [0.05, 0.1) is 11.6 Å².